The summed E-state index contributed by atoms with van der Waals surface area (Å²) in [6.07, 6.45) is 5.54. The van der Waals surface area contributed by atoms with E-state index in [0.29, 0.717) is 0 Å². The number of hydrogen-bond acceptors (Lipinski definition) is 3. The van der Waals surface area contributed by atoms with E-state index in [0.717, 1.165) is 50.1 Å². The maximum atomic E-state index is 4.76. The minimum Gasteiger partial charge on any atom is -0.309 e. The Balaban J connectivity index is 1.60. The van der Waals surface area contributed by atoms with E-state index in [4.69, 9.17) is 4.98 Å². The summed E-state index contributed by atoms with van der Waals surface area (Å²) in [5.74, 6) is 0. The van der Waals surface area contributed by atoms with Gasteiger partial charge in [0, 0.05) is 51.6 Å². The second-order valence-electron chi connectivity index (χ2n) is 8.59. The highest BCUT2D eigenvalue weighted by Crippen LogP contribution is 2.37. The predicted octanol–water partition coefficient (Wildman–Crippen LogP) is 7.46. The van der Waals surface area contributed by atoms with Gasteiger partial charge in [0.2, 0.25) is 0 Å². The van der Waals surface area contributed by atoms with Gasteiger partial charge in [-0.2, -0.15) is 0 Å². The Labute approximate surface area is 202 Å². The molecule has 0 aliphatic carbocycles. The van der Waals surface area contributed by atoms with Gasteiger partial charge in [0.25, 0.3) is 0 Å². The summed E-state index contributed by atoms with van der Waals surface area (Å²) in [5.41, 5.74) is 8.32. The fraction of sp³-hybridized carbons (Fsp3) is 0. The van der Waals surface area contributed by atoms with Crippen LogP contribution in [0.15, 0.2) is 122 Å². The molecule has 0 spiro atoms. The zero-order valence-corrected chi connectivity index (χ0v) is 18.8. The molecule has 7 aromatic rings. The monoisotopic (exact) mass is 448 g/mol. The molecule has 3 aromatic carbocycles. The molecule has 35 heavy (non-hydrogen) atoms. The molecule has 0 fully saturated rings. The largest absolute Gasteiger partial charge is 0.309 e. The van der Waals surface area contributed by atoms with Gasteiger partial charge in [-0.3, -0.25) is 15.0 Å². The first-order chi connectivity index (χ1) is 17.4. The lowest BCUT2D eigenvalue weighted by atomic mass is 10.0. The number of benzene rings is 3. The van der Waals surface area contributed by atoms with E-state index in [1.807, 2.05) is 61.1 Å². The van der Waals surface area contributed by atoms with E-state index in [1.54, 1.807) is 0 Å². The van der Waals surface area contributed by atoms with E-state index in [-0.39, 0.29) is 0 Å². The number of aromatic nitrogens is 4. The lowest BCUT2D eigenvalue weighted by molar-refractivity contribution is 1.18. The summed E-state index contributed by atoms with van der Waals surface area (Å²) in [6, 6.07) is 35.6. The highest BCUT2D eigenvalue weighted by molar-refractivity contribution is 6.20. The van der Waals surface area contributed by atoms with E-state index in [9.17, 15) is 0 Å². The van der Waals surface area contributed by atoms with Gasteiger partial charge in [0.05, 0.1) is 27.9 Å². The van der Waals surface area contributed by atoms with E-state index in [2.05, 4.69) is 75.2 Å². The summed E-state index contributed by atoms with van der Waals surface area (Å²) < 4.78 is 2.33. The average Bonchev–Trinajstić information content (AvgIpc) is 3.29. The number of hydrogen-bond donors (Lipinski definition) is 0. The molecule has 0 radical (unpaired) electrons. The predicted molar refractivity (Wildman–Crippen MR) is 143 cm³/mol. The van der Waals surface area contributed by atoms with Gasteiger partial charge in [-0.05, 0) is 60.7 Å². The van der Waals surface area contributed by atoms with Crippen molar-refractivity contribution in [2.45, 2.75) is 0 Å². The highest BCUT2D eigenvalue weighted by Gasteiger charge is 2.17. The minimum atomic E-state index is 0.930. The van der Waals surface area contributed by atoms with Gasteiger partial charge >= 0.3 is 0 Å². The van der Waals surface area contributed by atoms with Crippen molar-refractivity contribution in [2.75, 3.05) is 0 Å². The van der Waals surface area contributed by atoms with Crippen LogP contribution in [-0.4, -0.2) is 19.5 Å². The molecule has 0 saturated carbocycles. The Morgan fingerprint density at radius 2 is 1.20 bits per heavy atom. The molecule has 7 rings (SSSR count). The molecular formula is C31H20N4. The van der Waals surface area contributed by atoms with Crippen LogP contribution >= 0.6 is 0 Å². The van der Waals surface area contributed by atoms with Crippen molar-refractivity contribution in [1.82, 2.24) is 19.5 Å². The van der Waals surface area contributed by atoms with Crippen LogP contribution in [0, 0.1) is 0 Å². The first-order valence-electron chi connectivity index (χ1n) is 11.6. The molecule has 0 unspecified atom stereocenters. The summed E-state index contributed by atoms with van der Waals surface area (Å²) in [4.78, 5) is 14.0. The van der Waals surface area contributed by atoms with Crippen LogP contribution in [0.2, 0.25) is 0 Å². The van der Waals surface area contributed by atoms with Crippen LogP contribution in [0.1, 0.15) is 0 Å². The lowest BCUT2D eigenvalue weighted by Gasteiger charge is -2.13. The molecule has 4 nitrogen and oxygen atoms in total. The number of para-hydroxylation sites is 1. The first kappa shape index (κ1) is 19.6. The summed E-state index contributed by atoms with van der Waals surface area (Å²) in [5, 5.41) is 3.50. The van der Waals surface area contributed by atoms with Crippen molar-refractivity contribution in [2.24, 2.45) is 0 Å². The van der Waals surface area contributed by atoms with Crippen molar-refractivity contribution in [3.05, 3.63) is 122 Å². The highest BCUT2D eigenvalue weighted by atomic mass is 15.0. The third-order valence-corrected chi connectivity index (χ3v) is 6.51. The Morgan fingerprint density at radius 3 is 1.91 bits per heavy atom. The molecule has 0 bridgehead atoms. The van der Waals surface area contributed by atoms with Crippen LogP contribution in [0.25, 0.3) is 60.9 Å². The molecule has 0 aliphatic rings. The van der Waals surface area contributed by atoms with Gasteiger partial charge in [0.15, 0.2) is 0 Å². The van der Waals surface area contributed by atoms with Crippen molar-refractivity contribution in [3.8, 4) is 28.2 Å². The van der Waals surface area contributed by atoms with Gasteiger partial charge in [0.1, 0.15) is 0 Å². The molecule has 4 heteroatoms. The van der Waals surface area contributed by atoms with Crippen molar-refractivity contribution in [1.29, 1.82) is 0 Å². The van der Waals surface area contributed by atoms with Gasteiger partial charge in [-0.25, -0.2) is 0 Å². The molecule has 0 atom stereocenters. The molecular weight excluding hydrogens is 428 g/mol. The Hall–Kier alpha value is -4.83. The van der Waals surface area contributed by atoms with Crippen LogP contribution in [-0.2, 0) is 0 Å². The third-order valence-electron chi connectivity index (χ3n) is 6.51. The quantitative estimate of drug-likeness (QED) is 0.282. The third kappa shape index (κ3) is 3.19. The second-order valence-corrected chi connectivity index (χ2v) is 8.59. The maximum absolute atomic E-state index is 4.76. The SMILES string of the molecule is c1ccc(-c2cc(-c3ccccn3)cc(-n3c4ccccc4c4c5ncccc5ccc43)c2)nc1. The second kappa shape index (κ2) is 7.89. The zero-order chi connectivity index (χ0) is 23.2. The Bertz CT molecular complexity index is 1780. The fourth-order valence-electron chi connectivity index (χ4n) is 4.98. The van der Waals surface area contributed by atoms with Crippen LogP contribution in [0.4, 0.5) is 0 Å². The molecule has 0 aliphatic heterocycles. The van der Waals surface area contributed by atoms with E-state index in [1.165, 1.54) is 10.8 Å². The van der Waals surface area contributed by atoms with Crippen LogP contribution in [0.5, 0.6) is 0 Å². The molecule has 164 valence electrons. The summed E-state index contributed by atoms with van der Waals surface area (Å²) in [7, 11) is 0. The minimum absolute atomic E-state index is 0.930. The average molecular weight is 449 g/mol. The van der Waals surface area contributed by atoms with Crippen molar-refractivity contribution in [3.63, 3.8) is 0 Å². The standard InChI is InChI=1S/C31H20N4/c1-2-12-28-25(9-1)30-29(14-13-21-8-7-17-34-31(21)30)35(28)24-19-22(26-10-3-5-15-32-26)18-23(20-24)27-11-4-6-16-33-27/h1-20H. The Kier molecular flexibility index (Phi) is 4.42. The van der Waals surface area contributed by atoms with Crippen molar-refractivity contribution < 1.29 is 0 Å². The molecule has 0 N–H and O–H groups in total. The summed E-state index contributed by atoms with van der Waals surface area (Å²) >= 11 is 0. The van der Waals surface area contributed by atoms with Gasteiger partial charge in [-0.1, -0.05) is 42.5 Å². The number of pyridine rings is 3. The molecule has 0 saturated heterocycles. The van der Waals surface area contributed by atoms with E-state index >= 15 is 0 Å². The normalized spacial score (nSPS) is 11.4. The fourth-order valence-corrected chi connectivity index (χ4v) is 4.98. The molecule has 0 amide bonds. The van der Waals surface area contributed by atoms with Gasteiger partial charge in [-0.15, -0.1) is 0 Å². The topological polar surface area (TPSA) is 43.6 Å². The van der Waals surface area contributed by atoms with E-state index < -0.39 is 0 Å². The van der Waals surface area contributed by atoms with Gasteiger partial charge < -0.3 is 4.57 Å². The smallest absolute Gasteiger partial charge is 0.0802 e. The zero-order valence-electron chi connectivity index (χ0n) is 18.8. The first-order valence-corrected chi connectivity index (χ1v) is 11.6. The van der Waals surface area contributed by atoms with Crippen LogP contribution < -0.4 is 0 Å². The van der Waals surface area contributed by atoms with Crippen molar-refractivity contribution >= 4 is 32.7 Å². The number of fused-ring (bicyclic) bond motifs is 5. The maximum Gasteiger partial charge on any atom is 0.0802 e. The Morgan fingerprint density at radius 1 is 0.514 bits per heavy atom. The van der Waals surface area contributed by atoms with Crippen LogP contribution in [0.3, 0.4) is 0 Å². The number of rotatable bonds is 3. The summed E-state index contributed by atoms with van der Waals surface area (Å²) in [6.45, 7) is 0. The lowest BCUT2D eigenvalue weighted by Crippen LogP contribution is -1.97. The molecule has 4 heterocycles. The molecule has 4 aromatic heterocycles. The number of nitrogens with zero attached hydrogens (tertiary/aromatic N) is 4.